The highest BCUT2D eigenvalue weighted by molar-refractivity contribution is 7.94. The Morgan fingerprint density at radius 2 is 1.71 bits per heavy atom. The Morgan fingerprint density at radius 3 is 2.19 bits per heavy atom. The Balaban J connectivity index is 2.18. The summed E-state index contributed by atoms with van der Waals surface area (Å²) in [5.41, 5.74) is 5.75. The number of rotatable bonds is 4. The Labute approximate surface area is 134 Å². The molecule has 0 spiro atoms. The Morgan fingerprint density at radius 1 is 1.14 bits per heavy atom. The van der Waals surface area contributed by atoms with Gasteiger partial charge in [-0.1, -0.05) is 23.2 Å². The molecule has 0 aliphatic rings. The van der Waals surface area contributed by atoms with Crippen LogP contribution < -0.4 is 15.8 Å². The van der Waals surface area contributed by atoms with Gasteiger partial charge in [0.05, 0.1) is 5.02 Å². The van der Waals surface area contributed by atoms with E-state index >= 15 is 0 Å². The molecule has 0 aliphatic carbocycles. The number of nitrogens with one attached hydrogen (secondary N) is 2. The first kappa shape index (κ1) is 15.9. The van der Waals surface area contributed by atoms with Gasteiger partial charge in [0, 0.05) is 11.4 Å². The fourth-order valence-electron chi connectivity index (χ4n) is 1.43. The largest absolute Gasteiger partial charge is 0.351 e. The number of carbonyl (C=O) groups excluding carboxylic acids is 1. The van der Waals surface area contributed by atoms with E-state index in [0.717, 1.165) is 11.3 Å². The van der Waals surface area contributed by atoms with Gasteiger partial charge < -0.3 is 11.1 Å². The predicted molar refractivity (Wildman–Crippen MR) is 84.8 cm³/mol. The number of benzene rings is 1. The molecule has 0 bridgehead atoms. The molecule has 0 radical (unpaired) electrons. The van der Waals surface area contributed by atoms with Crippen LogP contribution in [-0.4, -0.2) is 14.4 Å². The fraction of sp³-hybridized carbons (Fsp3) is 0. The van der Waals surface area contributed by atoms with Gasteiger partial charge in [0.1, 0.15) is 8.55 Å². The summed E-state index contributed by atoms with van der Waals surface area (Å²) in [5, 5.41) is 2.55. The standard InChI is InChI=1S/C11H9Cl2N3O3S2/c12-8-5-9(20-10(8)13)21(18,19)16-7-3-1-6(2-4-7)15-11(14)17/h1-5,16H,(H3,14,15,17). The number of halogens is 2. The third kappa shape index (κ3) is 4.01. The Bertz CT molecular complexity index is 753. The third-order valence-electron chi connectivity index (χ3n) is 2.29. The molecule has 0 atom stereocenters. The zero-order valence-corrected chi connectivity index (χ0v) is 13.4. The van der Waals surface area contributed by atoms with Crippen LogP contribution >= 0.6 is 34.5 Å². The molecule has 2 aromatic rings. The average molecular weight is 366 g/mol. The van der Waals surface area contributed by atoms with Gasteiger partial charge in [0.25, 0.3) is 10.0 Å². The van der Waals surface area contributed by atoms with Crippen molar-refractivity contribution in [3.05, 3.63) is 39.7 Å². The highest BCUT2D eigenvalue weighted by Crippen LogP contribution is 2.35. The van der Waals surface area contributed by atoms with Crippen molar-refractivity contribution in [2.45, 2.75) is 4.21 Å². The number of thiophene rings is 1. The van der Waals surface area contributed by atoms with Crippen molar-refractivity contribution < 1.29 is 13.2 Å². The van der Waals surface area contributed by atoms with Crippen LogP contribution in [0.5, 0.6) is 0 Å². The summed E-state index contributed by atoms with van der Waals surface area (Å²) in [6.45, 7) is 0. The normalized spacial score (nSPS) is 11.1. The lowest BCUT2D eigenvalue weighted by molar-refractivity contribution is 0.259. The topological polar surface area (TPSA) is 101 Å². The number of hydrogen-bond donors (Lipinski definition) is 3. The molecule has 0 saturated heterocycles. The van der Waals surface area contributed by atoms with Gasteiger partial charge in [-0.3, -0.25) is 4.72 Å². The molecule has 0 aliphatic heterocycles. The second-order valence-corrected chi connectivity index (χ2v) is 7.83. The lowest BCUT2D eigenvalue weighted by atomic mass is 10.3. The number of carbonyl (C=O) groups is 1. The SMILES string of the molecule is NC(=O)Nc1ccc(NS(=O)(=O)c2cc(Cl)c(Cl)s2)cc1. The van der Waals surface area contributed by atoms with Crippen molar-refractivity contribution in [1.82, 2.24) is 0 Å². The van der Waals surface area contributed by atoms with Crippen molar-refractivity contribution in [1.29, 1.82) is 0 Å². The van der Waals surface area contributed by atoms with E-state index in [1.54, 1.807) is 0 Å². The zero-order chi connectivity index (χ0) is 15.6. The van der Waals surface area contributed by atoms with Gasteiger partial charge in [0.2, 0.25) is 0 Å². The molecule has 10 heteroatoms. The maximum atomic E-state index is 12.1. The summed E-state index contributed by atoms with van der Waals surface area (Å²) in [6.07, 6.45) is 0. The highest BCUT2D eigenvalue weighted by atomic mass is 35.5. The van der Waals surface area contributed by atoms with Crippen LogP contribution in [0.1, 0.15) is 0 Å². The smallest absolute Gasteiger partial charge is 0.316 e. The molecule has 6 nitrogen and oxygen atoms in total. The van der Waals surface area contributed by atoms with E-state index in [0.29, 0.717) is 11.4 Å². The summed E-state index contributed by atoms with van der Waals surface area (Å²) in [7, 11) is -3.76. The van der Waals surface area contributed by atoms with Crippen molar-refractivity contribution in [2.75, 3.05) is 10.0 Å². The van der Waals surface area contributed by atoms with E-state index in [-0.39, 0.29) is 13.6 Å². The minimum atomic E-state index is -3.76. The molecule has 21 heavy (non-hydrogen) atoms. The number of hydrogen-bond acceptors (Lipinski definition) is 4. The number of nitrogens with two attached hydrogens (primary N) is 1. The van der Waals surface area contributed by atoms with Crippen LogP contribution in [0.2, 0.25) is 9.36 Å². The Hall–Kier alpha value is -1.48. The molecule has 2 rings (SSSR count). The summed E-state index contributed by atoms with van der Waals surface area (Å²) >= 11 is 12.4. The van der Waals surface area contributed by atoms with Crippen molar-refractivity contribution in [3.63, 3.8) is 0 Å². The first-order chi connectivity index (χ1) is 9.78. The zero-order valence-electron chi connectivity index (χ0n) is 10.3. The number of anilines is 2. The average Bonchev–Trinajstić information content (AvgIpc) is 2.72. The lowest BCUT2D eigenvalue weighted by Gasteiger charge is -2.07. The summed E-state index contributed by atoms with van der Waals surface area (Å²) < 4.78 is 26.8. The number of primary amides is 1. The molecule has 1 heterocycles. The fourth-order valence-corrected chi connectivity index (χ4v) is 4.37. The van der Waals surface area contributed by atoms with Crippen LogP contribution in [0.15, 0.2) is 34.5 Å². The molecule has 0 unspecified atom stereocenters. The van der Waals surface area contributed by atoms with E-state index < -0.39 is 16.1 Å². The van der Waals surface area contributed by atoms with Gasteiger partial charge in [-0.05, 0) is 30.3 Å². The van der Waals surface area contributed by atoms with Gasteiger partial charge in [-0.15, -0.1) is 11.3 Å². The van der Waals surface area contributed by atoms with Gasteiger partial charge in [0.15, 0.2) is 0 Å². The quantitative estimate of drug-likeness (QED) is 0.773. The maximum absolute atomic E-state index is 12.1. The summed E-state index contributed by atoms with van der Waals surface area (Å²) in [6, 6.07) is 6.57. The van der Waals surface area contributed by atoms with E-state index in [4.69, 9.17) is 28.9 Å². The van der Waals surface area contributed by atoms with Crippen LogP contribution in [0.3, 0.4) is 0 Å². The van der Waals surface area contributed by atoms with Crippen LogP contribution in [-0.2, 0) is 10.0 Å². The van der Waals surface area contributed by atoms with Gasteiger partial charge in [-0.2, -0.15) is 0 Å². The predicted octanol–water partition coefficient (Wildman–Crippen LogP) is 3.35. The first-order valence-corrected chi connectivity index (χ1v) is 8.47. The van der Waals surface area contributed by atoms with E-state index in [1.807, 2.05) is 0 Å². The monoisotopic (exact) mass is 365 g/mol. The van der Waals surface area contributed by atoms with E-state index in [1.165, 1.54) is 30.3 Å². The molecule has 0 fully saturated rings. The van der Waals surface area contributed by atoms with E-state index in [2.05, 4.69) is 10.0 Å². The van der Waals surface area contributed by atoms with Crippen LogP contribution in [0, 0.1) is 0 Å². The molecule has 2 amide bonds. The highest BCUT2D eigenvalue weighted by Gasteiger charge is 2.19. The van der Waals surface area contributed by atoms with E-state index in [9.17, 15) is 13.2 Å². The molecule has 1 aromatic carbocycles. The number of urea groups is 1. The van der Waals surface area contributed by atoms with Gasteiger partial charge >= 0.3 is 6.03 Å². The third-order valence-corrected chi connectivity index (χ3v) is 6.01. The van der Waals surface area contributed by atoms with Crippen molar-refractivity contribution in [3.8, 4) is 0 Å². The summed E-state index contributed by atoms with van der Waals surface area (Å²) in [5.74, 6) is 0. The van der Waals surface area contributed by atoms with Gasteiger partial charge in [-0.25, -0.2) is 13.2 Å². The minimum Gasteiger partial charge on any atom is -0.351 e. The molecular formula is C11H9Cl2N3O3S2. The van der Waals surface area contributed by atoms with Crippen molar-refractivity contribution >= 4 is 62.0 Å². The second-order valence-electron chi connectivity index (χ2n) is 3.86. The minimum absolute atomic E-state index is 0.0110. The molecule has 112 valence electrons. The maximum Gasteiger partial charge on any atom is 0.316 e. The van der Waals surface area contributed by atoms with Crippen LogP contribution in [0.25, 0.3) is 0 Å². The number of amides is 2. The molecular weight excluding hydrogens is 357 g/mol. The first-order valence-electron chi connectivity index (χ1n) is 5.42. The lowest BCUT2D eigenvalue weighted by Crippen LogP contribution is -2.19. The van der Waals surface area contributed by atoms with Crippen molar-refractivity contribution in [2.24, 2.45) is 5.73 Å². The van der Waals surface area contributed by atoms with Crippen LogP contribution in [0.4, 0.5) is 16.2 Å². The number of sulfonamides is 1. The molecule has 0 saturated carbocycles. The second kappa shape index (κ2) is 6.10. The molecule has 4 N–H and O–H groups in total. The summed E-state index contributed by atoms with van der Waals surface area (Å²) in [4.78, 5) is 10.7. The Kier molecular flexibility index (Phi) is 4.62. The molecule has 1 aromatic heterocycles.